The first-order chi connectivity index (χ1) is 10.3. The van der Waals surface area contributed by atoms with Gasteiger partial charge in [-0.3, -0.25) is 0 Å². The molecule has 0 unspecified atom stereocenters. The molecule has 0 N–H and O–H groups in total. The molecular formula is C19H20O2. The first kappa shape index (κ1) is 13.7. The van der Waals surface area contributed by atoms with Crippen molar-refractivity contribution in [3.8, 4) is 11.5 Å². The zero-order valence-corrected chi connectivity index (χ0v) is 12.6. The number of ether oxygens (including phenoxy) is 2. The monoisotopic (exact) mass is 280 g/mol. The third-order valence-electron chi connectivity index (χ3n) is 4.01. The lowest BCUT2D eigenvalue weighted by molar-refractivity contribution is 0.414. The van der Waals surface area contributed by atoms with E-state index in [-0.39, 0.29) is 0 Å². The smallest absolute Gasteiger partial charge is 0.119 e. The number of fused-ring (bicyclic) bond motifs is 1. The average Bonchev–Trinajstić information content (AvgIpc) is 2.55. The van der Waals surface area contributed by atoms with Crippen LogP contribution in [-0.4, -0.2) is 14.2 Å². The van der Waals surface area contributed by atoms with Gasteiger partial charge in [0.15, 0.2) is 0 Å². The summed E-state index contributed by atoms with van der Waals surface area (Å²) in [4.78, 5) is 0. The fourth-order valence-corrected chi connectivity index (χ4v) is 2.87. The summed E-state index contributed by atoms with van der Waals surface area (Å²) in [5.74, 6) is 1.84. The van der Waals surface area contributed by atoms with Crippen LogP contribution in [-0.2, 0) is 6.42 Å². The third-order valence-corrected chi connectivity index (χ3v) is 4.01. The minimum absolute atomic E-state index is 0.894. The zero-order chi connectivity index (χ0) is 14.7. The van der Waals surface area contributed by atoms with E-state index in [0.717, 1.165) is 24.3 Å². The first-order valence-electron chi connectivity index (χ1n) is 7.32. The molecule has 108 valence electrons. The summed E-state index contributed by atoms with van der Waals surface area (Å²) in [6.45, 7) is 0. The van der Waals surface area contributed by atoms with E-state index in [2.05, 4.69) is 30.3 Å². The summed E-state index contributed by atoms with van der Waals surface area (Å²) in [5.41, 5.74) is 5.37. The van der Waals surface area contributed by atoms with E-state index in [0.29, 0.717) is 0 Å². The topological polar surface area (TPSA) is 18.5 Å². The Balaban J connectivity index is 1.94. The van der Waals surface area contributed by atoms with E-state index in [1.807, 2.05) is 18.2 Å². The van der Waals surface area contributed by atoms with E-state index < -0.39 is 0 Å². The predicted octanol–water partition coefficient (Wildman–Crippen LogP) is 4.58. The highest BCUT2D eigenvalue weighted by Gasteiger charge is 2.14. The van der Waals surface area contributed by atoms with Gasteiger partial charge in [-0.2, -0.15) is 0 Å². The summed E-state index contributed by atoms with van der Waals surface area (Å²) in [6.07, 6.45) is 5.74. The lowest BCUT2D eigenvalue weighted by atomic mass is 9.86. The molecule has 0 fully saturated rings. The van der Waals surface area contributed by atoms with E-state index in [9.17, 15) is 0 Å². The Kier molecular flexibility index (Phi) is 3.96. The van der Waals surface area contributed by atoms with E-state index in [4.69, 9.17) is 9.47 Å². The number of hydrogen-bond acceptors (Lipinski definition) is 2. The Hall–Kier alpha value is -2.22. The standard InChI is InChI=1S/C19H20O2/c1-20-17-8-6-14(7-9-17)12-15-4-3-5-16-13-18(21-2)10-11-19(15)16/h6-13H,3-5H2,1-2H3/b15-12+. The molecule has 2 aromatic carbocycles. The lowest BCUT2D eigenvalue weighted by Crippen LogP contribution is -2.02. The van der Waals surface area contributed by atoms with Crippen LogP contribution in [0.15, 0.2) is 42.5 Å². The summed E-state index contributed by atoms with van der Waals surface area (Å²) in [7, 11) is 3.41. The van der Waals surface area contributed by atoms with Gasteiger partial charge in [-0.05, 0) is 65.8 Å². The maximum Gasteiger partial charge on any atom is 0.119 e. The van der Waals surface area contributed by atoms with Gasteiger partial charge in [0.25, 0.3) is 0 Å². The van der Waals surface area contributed by atoms with Crippen molar-refractivity contribution in [1.29, 1.82) is 0 Å². The quantitative estimate of drug-likeness (QED) is 0.819. The van der Waals surface area contributed by atoms with Gasteiger partial charge in [-0.15, -0.1) is 0 Å². The second-order valence-electron chi connectivity index (χ2n) is 5.32. The maximum atomic E-state index is 5.33. The van der Waals surface area contributed by atoms with Crippen LogP contribution in [0.1, 0.15) is 29.5 Å². The van der Waals surface area contributed by atoms with Crippen molar-refractivity contribution in [3.63, 3.8) is 0 Å². The first-order valence-corrected chi connectivity index (χ1v) is 7.32. The van der Waals surface area contributed by atoms with Crippen molar-refractivity contribution in [3.05, 3.63) is 59.2 Å². The van der Waals surface area contributed by atoms with Crippen molar-refractivity contribution >= 4 is 11.6 Å². The highest BCUT2D eigenvalue weighted by molar-refractivity contribution is 5.84. The van der Waals surface area contributed by atoms with Crippen LogP contribution in [0.3, 0.4) is 0 Å². The molecule has 0 aromatic heterocycles. The molecule has 1 aliphatic carbocycles. The fraction of sp³-hybridized carbons (Fsp3) is 0.263. The normalized spacial score (nSPS) is 15.6. The second kappa shape index (κ2) is 6.04. The van der Waals surface area contributed by atoms with Gasteiger partial charge in [0.2, 0.25) is 0 Å². The van der Waals surface area contributed by atoms with Gasteiger partial charge in [0, 0.05) is 0 Å². The van der Waals surface area contributed by atoms with Gasteiger partial charge >= 0.3 is 0 Å². The molecule has 0 bridgehead atoms. The molecule has 0 radical (unpaired) electrons. The Morgan fingerprint density at radius 2 is 1.57 bits per heavy atom. The number of allylic oxidation sites excluding steroid dienone is 1. The largest absolute Gasteiger partial charge is 0.497 e. The molecule has 2 aromatic rings. The molecule has 0 atom stereocenters. The van der Waals surface area contributed by atoms with E-state index >= 15 is 0 Å². The zero-order valence-electron chi connectivity index (χ0n) is 12.6. The molecule has 0 saturated heterocycles. The molecule has 0 amide bonds. The number of benzene rings is 2. The molecule has 0 heterocycles. The van der Waals surface area contributed by atoms with Crippen molar-refractivity contribution in [2.24, 2.45) is 0 Å². The molecule has 3 rings (SSSR count). The third kappa shape index (κ3) is 2.94. The number of aryl methyl sites for hydroxylation is 1. The van der Waals surface area contributed by atoms with Gasteiger partial charge in [-0.1, -0.05) is 24.3 Å². The molecular weight excluding hydrogens is 260 g/mol. The van der Waals surface area contributed by atoms with Crippen LogP contribution in [0.4, 0.5) is 0 Å². The molecule has 0 aliphatic heterocycles. The molecule has 0 saturated carbocycles. The Morgan fingerprint density at radius 1 is 0.857 bits per heavy atom. The van der Waals surface area contributed by atoms with Crippen LogP contribution in [0, 0.1) is 0 Å². The molecule has 21 heavy (non-hydrogen) atoms. The summed E-state index contributed by atoms with van der Waals surface area (Å²) < 4.78 is 10.5. The highest BCUT2D eigenvalue weighted by Crippen LogP contribution is 2.34. The van der Waals surface area contributed by atoms with Crippen molar-refractivity contribution < 1.29 is 9.47 Å². The average molecular weight is 280 g/mol. The Bertz CT molecular complexity index is 654. The highest BCUT2D eigenvalue weighted by atomic mass is 16.5. The Labute approximate surface area is 126 Å². The lowest BCUT2D eigenvalue weighted by Gasteiger charge is -2.20. The van der Waals surface area contributed by atoms with Gasteiger partial charge in [-0.25, -0.2) is 0 Å². The van der Waals surface area contributed by atoms with Crippen LogP contribution in [0.2, 0.25) is 0 Å². The SMILES string of the molecule is COc1ccc(/C=C2\CCCc3cc(OC)ccc32)cc1. The maximum absolute atomic E-state index is 5.33. The predicted molar refractivity (Wildman–Crippen MR) is 86.8 cm³/mol. The summed E-state index contributed by atoms with van der Waals surface area (Å²) in [6, 6.07) is 14.6. The minimum atomic E-state index is 0.894. The van der Waals surface area contributed by atoms with Gasteiger partial charge < -0.3 is 9.47 Å². The number of hydrogen-bond donors (Lipinski definition) is 0. The van der Waals surface area contributed by atoms with Gasteiger partial charge in [0.1, 0.15) is 11.5 Å². The Morgan fingerprint density at radius 3 is 2.29 bits per heavy atom. The van der Waals surface area contributed by atoms with E-state index in [1.165, 1.54) is 28.7 Å². The molecule has 2 heteroatoms. The minimum Gasteiger partial charge on any atom is -0.497 e. The molecule has 2 nitrogen and oxygen atoms in total. The van der Waals surface area contributed by atoms with Crippen LogP contribution in [0.5, 0.6) is 11.5 Å². The van der Waals surface area contributed by atoms with Crippen LogP contribution in [0.25, 0.3) is 11.6 Å². The summed E-state index contributed by atoms with van der Waals surface area (Å²) in [5, 5.41) is 0. The fourth-order valence-electron chi connectivity index (χ4n) is 2.87. The second-order valence-corrected chi connectivity index (χ2v) is 5.32. The van der Waals surface area contributed by atoms with Crippen LogP contribution < -0.4 is 9.47 Å². The molecule has 0 spiro atoms. The number of methoxy groups -OCH3 is 2. The van der Waals surface area contributed by atoms with Gasteiger partial charge in [0.05, 0.1) is 14.2 Å². The summed E-state index contributed by atoms with van der Waals surface area (Å²) >= 11 is 0. The van der Waals surface area contributed by atoms with Crippen molar-refractivity contribution in [1.82, 2.24) is 0 Å². The van der Waals surface area contributed by atoms with E-state index in [1.54, 1.807) is 14.2 Å². The number of rotatable bonds is 3. The van der Waals surface area contributed by atoms with Crippen LogP contribution >= 0.6 is 0 Å². The van der Waals surface area contributed by atoms with Crippen molar-refractivity contribution in [2.75, 3.05) is 14.2 Å². The molecule has 1 aliphatic rings. The van der Waals surface area contributed by atoms with Crippen molar-refractivity contribution in [2.45, 2.75) is 19.3 Å².